The van der Waals surface area contributed by atoms with Crippen LogP contribution in [0.2, 0.25) is 0 Å². The third-order valence-electron chi connectivity index (χ3n) is 3.42. The van der Waals surface area contributed by atoms with Gasteiger partial charge in [0.05, 0.1) is 11.6 Å². The molecule has 1 aromatic carbocycles. The molecule has 1 aromatic rings. The third kappa shape index (κ3) is 3.66. The van der Waals surface area contributed by atoms with Crippen LogP contribution < -0.4 is 5.73 Å². The minimum absolute atomic E-state index is 0.159. The number of rotatable bonds is 5. The lowest BCUT2D eigenvalue weighted by atomic mass is 9.93. The summed E-state index contributed by atoms with van der Waals surface area (Å²) in [5.41, 5.74) is 5.08. The van der Waals surface area contributed by atoms with Gasteiger partial charge in [-0.25, -0.2) is 17.1 Å². The molecule has 8 heteroatoms. The van der Waals surface area contributed by atoms with Gasteiger partial charge in [-0.05, 0) is 39.0 Å². The zero-order valence-corrected chi connectivity index (χ0v) is 15.3. The van der Waals surface area contributed by atoms with Crippen LogP contribution in [-0.4, -0.2) is 31.1 Å². The number of likely N-dealkylation sites (N-methyl/N-ethyl adjacent to an activating group) is 1. The fourth-order valence-electron chi connectivity index (χ4n) is 2.02. The van der Waals surface area contributed by atoms with Gasteiger partial charge < -0.3 is 5.73 Å². The standard InChI is InChI=1S/C14H19BrFN3O2S/c1-13(2,8-17)22(20,21)19(4)9-14(3,18)11-7-10(15)5-6-12(11)16/h5-7H,9,18H2,1-4H3/t14-/m0/s1. The van der Waals surface area contributed by atoms with Gasteiger partial charge in [0, 0.05) is 23.6 Å². The molecule has 0 spiro atoms. The van der Waals surface area contributed by atoms with Crippen LogP contribution >= 0.6 is 15.9 Å². The highest BCUT2D eigenvalue weighted by Gasteiger charge is 2.40. The lowest BCUT2D eigenvalue weighted by molar-refractivity contribution is 0.344. The topological polar surface area (TPSA) is 87.2 Å². The van der Waals surface area contributed by atoms with Gasteiger partial charge in [0.25, 0.3) is 0 Å². The Labute approximate surface area is 139 Å². The molecule has 0 saturated carbocycles. The van der Waals surface area contributed by atoms with Gasteiger partial charge in [0.15, 0.2) is 4.75 Å². The van der Waals surface area contributed by atoms with Gasteiger partial charge >= 0.3 is 0 Å². The first kappa shape index (κ1) is 19.0. The molecule has 0 radical (unpaired) electrons. The zero-order valence-electron chi connectivity index (χ0n) is 12.9. The molecule has 2 N–H and O–H groups in total. The van der Waals surface area contributed by atoms with Crippen molar-refractivity contribution in [2.75, 3.05) is 13.6 Å². The van der Waals surface area contributed by atoms with Gasteiger partial charge in [0.2, 0.25) is 10.0 Å². The van der Waals surface area contributed by atoms with Crippen LogP contribution in [0.15, 0.2) is 22.7 Å². The molecule has 0 fully saturated rings. The second-order valence-corrected chi connectivity index (χ2v) is 9.43. The fraction of sp³-hybridized carbons (Fsp3) is 0.500. The van der Waals surface area contributed by atoms with E-state index in [9.17, 15) is 12.8 Å². The maximum absolute atomic E-state index is 14.0. The number of nitrogens with zero attached hydrogens (tertiary/aromatic N) is 2. The van der Waals surface area contributed by atoms with Crippen LogP contribution in [0, 0.1) is 17.1 Å². The Kier molecular flexibility index (Phi) is 5.40. The van der Waals surface area contributed by atoms with Crippen molar-refractivity contribution >= 4 is 26.0 Å². The largest absolute Gasteiger partial charge is 0.320 e. The lowest BCUT2D eigenvalue weighted by Gasteiger charge is -2.33. The molecule has 0 aliphatic heterocycles. The highest BCUT2D eigenvalue weighted by Crippen LogP contribution is 2.28. The van der Waals surface area contributed by atoms with Crippen molar-refractivity contribution in [3.8, 4) is 6.07 Å². The monoisotopic (exact) mass is 391 g/mol. The number of benzene rings is 1. The summed E-state index contributed by atoms with van der Waals surface area (Å²) in [6.45, 7) is 4.01. The summed E-state index contributed by atoms with van der Waals surface area (Å²) in [6, 6.07) is 6.07. The number of sulfonamides is 1. The number of hydrogen-bond acceptors (Lipinski definition) is 4. The van der Waals surface area contributed by atoms with E-state index in [-0.39, 0.29) is 12.1 Å². The smallest absolute Gasteiger partial charge is 0.232 e. The van der Waals surface area contributed by atoms with Crippen molar-refractivity contribution in [2.45, 2.75) is 31.1 Å². The lowest BCUT2D eigenvalue weighted by Crippen LogP contribution is -2.50. The molecule has 0 saturated heterocycles. The van der Waals surface area contributed by atoms with Gasteiger partial charge in [-0.3, -0.25) is 0 Å². The highest BCUT2D eigenvalue weighted by atomic mass is 79.9. The summed E-state index contributed by atoms with van der Waals surface area (Å²) in [5, 5.41) is 9.02. The second-order valence-electron chi connectivity index (χ2n) is 5.92. The molecule has 1 rings (SSSR count). The molecule has 0 bridgehead atoms. The Morgan fingerprint density at radius 3 is 2.45 bits per heavy atom. The second kappa shape index (κ2) is 6.24. The van der Waals surface area contributed by atoms with E-state index in [1.807, 2.05) is 0 Å². The Morgan fingerprint density at radius 1 is 1.41 bits per heavy atom. The summed E-state index contributed by atoms with van der Waals surface area (Å²) >= 11 is 3.24. The number of nitriles is 1. The summed E-state index contributed by atoms with van der Waals surface area (Å²) in [6.07, 6.45) is 0. The highest BCUT2D eigenvalue weighted by molar-refractivity contribution is 9.10. The number of nitrogens with two attached hydrogens (primary N) is 1. The van der Waals surface area contributed by atoms with Crippen molar-refractivity contribution in [3.63, 3.8) is 0 Å². The summed E-state index contributed by atoms with van der Waals surface area (Å²) < 4.78 is 38.8. The molecule has 0 aliphatic rings. The van der Waals surface area contributed by atoms with E-state index in [0.29, 0.717) is 4.47 Å². The SMILES string of the molecule is CN(C[C@](C)(N)c1cc(Br)ccc1F)S(=O)(=O)C(C)(C)C#N. The first-order valence-corrected chi connectivity index (χ1v) is 8.70. The van der Waals surface area contributed by atoms with Crippen LogP contribution in [-0.2, 0) is 15.6 Å². The Bertz CT molecular complexity index is 711. The van der Waals surface area contributed by atoms with Crippen molar-refractivity contribution in [1.82, 2.24) is 4.31 Å². The van der Waals surface area contributed by atoms with Crippen LogP contribution in [0.3, 0.4) is 0 Å². The molecule has 22 heavy (non-hydrogen) atoms. The van der Waals surface area contributed by atoms with Gasteiger partial charge in [-0.1, -0.05) is 15.9 Å². The maximum Gasteiger partial charge on any atom is 0.232 e. The van der Waals surface area contributed by atoms with Gasteiger partial charge in [-0.2, -0.15) is 5.26 Å². The van der Waals surface area contributed by atoms with Crippen molar-refractivity contribution < 1.29 is 12.8 Å². The van der Waals surface area contributed by atoms with Gasteiger partial charge in [-0.15, -0.1) is 0 Å². The average molecular weight is 392 g/mol. The van der Waals surface area contributed by atoms with Crippen LogP contribution in [0.25, 0.3) is 0 Å². The van der Waals surface area contributed by atoms with E-state index in [1.54, 1.807) is 13.0 Å². The molecule has 0 aliphatic carbocycles. The third-order valence-corrected chi connectivity index (χ3v) is 6.24. The molecular weight excluding hydrogens is 373 g/mol. The Balaban J connectivity index is 3.18. The van der Waals surface area contributed by atoms with Crippen LogP contribution in [0.5, 0.6) is 0 Å². The summed E-state index contributed by atoms with van der Waals surface area (Å²) in [7, 11) is -2.57. The van der Waals surface area contributed by atoms with Crippen LogP contribution in [0.1, 0.15) is 26.3 Å². The zero-order chi connectivity index (χ0) is 17.3. The van der Waals surface area contributed by atoms with E-state index in [4.69, 9.17) is 11.0 Å². The van der Waals surface area contributed by atoms with E-state index in [0.717, 1.165) is 4.31 Å². The predicted octanol–water partition coefficient (Wildman–Crippen LogP) is 2.33. The quantitative estimate of drug-likeness (QED) is 0.833. The van der Waals surface area contributed by atoms with E-state index >= 15 is 0 Å². The van der Waals surface area contributed by atoms with Crippen LogP contribution in [0.4, 0.5) is 4.39 Å². The fourth-order valence-corrected chi connectivity index (χ4v) is 3.71. The Hall–Kier alpha value is -1.01. The summed E-state index contributed by atoms with van der Waals surface area (Å²) in [4.78, 5) is 0. The van der Waals surface area contributed by atoms with Crippen molar-refractivity contribution in [1.29, 1.82) is 5.26 Å². The molecule has 0 amide bonds. The van der Waals surface area contributed by atoms with Gasteiger partial charge in [0.1, 0.15) is 5.82 Å². The minimum Gasteiger partial charge on any atom is -0.320 e. The molecule has 0 unspecified atom stereocenters. The van der Waals surface area contributed by atoms with Crippen molar-refractivity contribution in [2.24, 2.45) is 5.73 Å². The normalized spacial score (nSPS) is 15.4. The van der Waals surface area contributed by atoms with E-state index in [1.165, 1.54) is 39.1 Å². The average Bonchev–Trinajstić information content (AvgIpc) is 2.40. The Morgan fingerprint density at radius 2 is 1.95 bits per heavy atom. The first-order valence-electron chi connectivity index (χ1n) is 6.47. The molecule has 1 atom stereocenters. The predicted molar refractivity (Wildman–Crippen MR) is 86.9 cm³/mol. The first-order chi connectivity index (χ1) is 9.85. The molecule has 5 nitrogen and oxygen atoms in total. The summed E-state index contributed by atoms with van der Waals surface area (Å²) in [5.74, 6) is -0.515. The number of halogens is 2. The number of hydrogen-bond donors (Lipinski definition) is 1. The minimum atomic E-state index is -3.89. The van der Waals surface area contributed by atoms with E-state index in [2.05, 4.69) is 15.9 Å². The molecule has 122 valence electrons. The van der Waals surface area contributed by atoms with E-state index < -0.39 is 26.1 Å². The molecule has 0 heterocycles. The maximum atomic E-state index is 14.0. The molecule has 0 aromatic heterocycles. The molecular formula is C14H19BrFN3O2S. The van der Waals surface area contributed by atoms with Crippen molar-refractivity contribution in [3.05, 3.63) is 34.1 Å².